The van der Waals surface area contributed by atoms with Gasteiger partial charge in [-0.3, -0.25) is 4.79 Å². The van der Waals surface area contributed by atoms with E-state index in [2.05, 4.69) is 40.8 Å². The van der Waals surface area contributed by atoms with Crippen LogP contribution in [0.1, 0.15) is 33.9 Å². The zero-order chi connectivity index (χ0) is 19.4. The van der Waals surface area contributed by atoms with Crippen LogP contribution in [-0.4, -0.2) is 24.2 Å². The van der Waals surface area contributed by atoms with Crippen molar-refractivity contribution >= 4 is 39.8 Å². The first-order valence-electron chi connectivity index (χ1n) is 8.70. The first kappa shape index (κ1) is 19.5. The summed E-state index contributed by atoms with van der Waals surface area (Å²) < 4.78 is 0. The molecule has 1 amide bonds. The second-order valence-electron chi connectivity index (χ2n) is 6.27. The lowest BCUT2D eigenvalue weighted by Crippen LogP contribution is -2.26. The van der Waals surface area contributed by atoms with Crippen LogP contribution in [0.2, 0.25) is 0 Å². The maximum atomic E-state index is 12.8. The van der Waals surface area contributed by atoms with E-state index in [9.17, 15) is 4.79 Å². The predicted octanol–water partition coefficient (Wildman–Crippen LogP) is 5.43. The summed E-state index contributed by atoms with van der Waals surface area (Å²) in [6.07, 6.45) is 2.05. The maximum Gasteiger partial charge on any atom is 0.263 e. The molecule has 140 valence electrons. The number of hydrogen-bond acceptors (Lipinski definition) is 5. The summed E-state index contributed by atoms with van der Waals surface area (Å²) in [7, 11) is 1.96. The number of rotatable bonds is 6. The van der Waals surface area contributed by atoms with Crippen molar-refractivity contribution in [1.29, 1.82) is 0 Å². The fraction of sp³-hybridized carbons (Fsp3) is 0.238. The first-order valence-corrected chi connectivity index (χ1v) is 10.7. The zero-order valence-corrected chi connectivity index (χ0v) is 17.5. The molecule has 0 aliphatic heterocycles. The lowest BCUT2D eigenvalue weighted by molar-refractivity contribution is 0.0943. The van der Waals surface area contributed by atoms with Crippen LogP contribution in [-0.2, 0) is 0 Å². The van der Waals surface area contributed by atoms with Crippen LogP contribution < -0.4 is 10.2 Å². The third-order valence-electron chi connectivity index (χ3n) is 4.39. The third-order valence-corrected chi connectivity index (χ3v) is 6.36. The SMILES string of the molecule is CSc1ccc([C@H](C)NC(=O)c2sc(N(C)c3ccccc3)nc2C)cc1. The number of aromatic nitrogens is 1. The van der Waals surface area contributed by atoms with Crippen LogP contribution in [0.15, 0.2) is 59.5 Å². The minimum absolute atomic E-state index is 0.0646. The zero-order valence-electron chi connectivity index (χ0n) is 15.9. The Morgan fingerprint density at radius 2 is 1.81 bits per heavy atom. The Hall–Kier alpha value is -2.31. The quantitative estimate of drug-likeness (QED) is 0.563. The number of para-hydroxylation sites is 1. The highest BCUT2D eigenvalue weighted by atomic mass is 32.2. The van der Waals surface area contributed by atoms with Gasteiger partial charge in [-0.25, -0.2) is 4.98 Å². The molecule has 27 heavy (non-hydrogen) atoms. The van der Waals surface area contributed by atoms with Gasteiger partial charge in [0.15, 0.2) is 5.13 Å². The molecule has 0 saturated carbocycles. The minimum atomic E-state index is -0.0841. The molecule has 0 bridgehead atoms. The molecule has 1 atom stereocenters. The number of benzene rings is 2. The van der Waals surface area contributed by atoms with Gasteiger partial charge in [0.05, 0.1) is 11.7 Å². The molecule has 0 spiro atoms. The third kappa shape index (κ3) is 4.51. The summed E-state index contributed by atoms with van der Waals surface area (Å²) in [5, 5.41) is 3.90. The highest BCUT2D eigenvalue weighted by Crippen LogP contribution is 2.30. The highest BCUT2D eigenvalue weighted by Gasteiger charge is 2.19. The second-order valence-corrected chi connectivity index (χ2v) is 8.13. The molecule has 1 aromatic heterocycles. The Bertz CT molecular complexity index is 907. The van der Waals surface area contributed by atoms with Crippen LogP contribution in [0.5, 0.6) is 0 Å². The lowest BCUT2D eigenvalue weighted by atomic mass is 10.1. The summed E-state index contributed by atoms with van der Waals surface area (Å²) in [5.41, 5.74) is 2.88. The van der Waals surface area contributed by atoms with Gasteiger partial charge in [-0.05, 0) is 49.9 Å². The molecular formula is C21H23N3OS2. The molecule has 3 aromatic rings. The van der Waals surface area contributed by atoms with Crippen LogP contribution in [0.25, 0.3) is 0 Å². The maximum absolute atomic E-state index is 12.8. The number of nitrogens with zero attached hydrogens (tertiary/aromatic N) is 2. The molecule has 2 aromatic carbocycles. The van der Waals surface area contributed by atoms with Gasteiger partial charge in [0.2, 0.25) is 0 Å². The smallest absolute Gasteiger partial charge is 0.263 e. The molecule has 0 radical (unpaired) electrons. The number of nitrogens with one attached hydrogen (secondary N) is 1. The van der Waals surface area contributed by atoms with E-state index >= 15 is 0 Å². The van der Waals surface area contributed by atoms with Crippen molar-refractivity contribution in [2.75, 3.05) is 18.2 Å². The molecule has 0 aliphatic carbocycles. The van der Waals surface area contributed by atoms with Crippen molar-refractivity contribution in [3.8, 4) is 0 Å². The molecule has 1 heterocycles. The molecule has 3 rings (SSSR count). The normalized spacial score (nSPS) is 11.9. The molecule has 4 nitrogen and oxygen atoms in total. The van der Waals surface area contributed by atoms with Crippen molar-refractivity contribution < 1.29 is 4.79 Å². The van der Waals surface area contributed by atoms with E-state index in [1.807, 2.05) is 56.1 Å². The van der Waals surface area contributed by atoms with Gasteiger partial charge in [0.1, 0.15) is 4.88 Å². The number of anilines is 2. The Balaban J connectivity index is 1.74. The van der Waals surface area contributed by atoms with Crippen LogP contribution in [0, 0.1) is 6.92 Å². The molecule has 0 unspecified atom stereocenters. The van der Waals surface area contributed by atoms with Gasteiger partial charge in [-0.15, -0.1) is 11.8 Å². The summed E-state index contributed by atoms with van der Waals surface area (Å²) in [6, 6.07) is 18.2. The van der Waals surface area contributed by atoms with Crippen LogP contribution in [0.3, 0.4) is 0 Å². The van der Waals surface area contributed by atoms with Crippen molar-refractivity contribution in [2.24, 2.45) is 0 Å². The predicted molar refractivity (Wildman–Crippen MR) is 115 cm³/mol. The lowest BCUT2D eigenvalue weighted by Gasteiger charge is -2.15. The number of carbonyl (C=O) groups is 1. The van der Waals surface area contributed by atoms with Crippen molar-refractivity contribution in [3.63, 3.8) is 0 Å². The van der Waals surface area contributed by atoms with E-state index in [0.29, 0.717) is 4.88 Å². The average molecular weight is 398 g/mol. The standard InChI is InChI=1S/C21H23N3OS2/c1-14(16-10-12-18(26-4)13-11-16)22-20(25)19-15(2)23-21(27-19)24(3)17-8-6-5-7-9-17/h5-14H,1-4H3,(H,22,25)/t14-/m0/s1. The second kappa shape index (κ2) is 8.59. The number of thiazole rings is 1. The van der Waals surface area contributed by atoms with Gasteiger partial charge < -0.3 is 10.2 Å². The number of thioether (sulfide) groups is 1. The number of aryl methyl sites for hydroxylation is 1. The van der Waals surface area contributed by atoms with Gasteiger partial charge >= 0.3 is 0 Å². The highest BCUT2D eigenvalue weighted by molar-refractivity contribution is 7.98. The van der Waals surface area contributed by atoms with Gasteiger partial charge in [-0.2, -0.15) is 0 Å². The summed E-state index contributed by atoms with van der Waals surface area (Å²) in [4.78, 5) is 21.2. The molecular weight excluding hydrogens is 374 g/mol. The Kier molecular flexibility index (Phi) is 6.19. The topological polar surface area (TPSA) is 45.2 Å². The van der Waals surface area contributed by atoms with Gasteiger partial charge in [0, 0.05) is 17.6 Å². The molecule has 0 saturated heterocycles. The monoisotopic (exact) mass is 397 g/mol. The summed E-state index contributed by atoms with van der Waals surface area (Å²) >= 11 is 3.12. The molecule has 0 aliphatic rings. The Morgan fingerprint density at radius 1 is 1.15 bits per heavy atom. The molecule has 1 N–H and O–H groups in total. The first-order chi connectivity index (χ1) is 13.0. The summed E-state index contributed by atoms with van der Waals surface area (Å²) in [6.45, 7) is 3.88. The van der Waals surface area contributed by atoms with E-state index in [1.54, 1.807) is 11.8 Å². The number of amides is 1. The largest absolute Gasteiger partial charge is 0.345 e. The fourth-order valence-electron chi connectivity index (χ4n) is 2.74. The van der Waals surface area contributed by atoms with Crippen LogP contribution >= 0.6 is 23.1 Å². The average Bonchev–Trinajstić information content (AvgIpc) is 3.10. The Labute approximate surface area is 168 Å². The van der Waals surface area contributed by atoms with E-state index in [1.165, 1.54) is 16.2 Å². The fourth-order valence-corrected chi connectivity index (χ4v) is 4.10. The van der Waals surface area contributed by atoms with E-state index < -0.39 is 0 Å². The van der Waals surface area contributed by atoms with E-state index in [-0.39, 0.29) is 11.9 Å². The molecule has 0 fully saturated rings. The number of carbonyl (C=O) groups excluding carboxylic acids is 1. The van der Waals surface area contributed by atoms with Crippen molar-refractivity contribution in [3.05, 3.63) is 70.7 Å². The van der Waals surface area contributed by atoms with Crippen molar-refractivity contribution in [1.82, 2.24) is 10.3 Å². The van der Waals surface area contributed by atoms with Crippen molar-refractivity contribution in [2.45, 2.75) is 24.8 Å². The summed E-state index contributed by atoms with van der Waals surface area (Å²) in [5.74, 6) is -0.0841. The Morgan fingerprint density at radius 3 is 2.44 bits per heavy atom. The minimum Gasteiger partial charge on any atom is -0.345 e. The van der Waals surface area contributed by atoms with Crippen LogP contribution in [0.4, 0.5) is 10.8 Å². The number of hydrogen-bond donors (Lipinski definition) is 1. The molecule has 6 heteroatoms. The van der Waals surface area contributed by atoms with E-state index in [4.69, 9.17) is 0 Å². The van der Waals surface area contributed by atoms with E-state index in [0.717, 1.165) is 22.1 Å². The van der Waals surface area contributed by atoms with Gasteiger partial charge in [0.25, 0.3) is 5.91 Å². The van der Waals surface area contributed by atoms with Gasteiger partial charge in [-0.1, -0.05) is 41.7 Å².